The number of imidazole rings is 1. The summed E-state index contributed by atoms with van der Waals surface area (Å²) in [6.45, 7) is -0.321. The number of nitrogen functional groups attached to an aromatic ring is 1. The molecule has 0 radical (unpaired) electrons. The van der Waals surface area contributed by atoms with Crippen LogP contribution in [0.3, 0.4) is 0 Å². The van der Waals surface area contributed by atoms with E-state index in [4.69, 9.17) is 15.6 Å². The Hall–Kier alpha value is -2.01. The van der Waals surface area contributed by atoms with Gasteiger partial charge in [0, 0.05) is 6.61 Å². The van der Waals surface area contributed by atoms with Gasteiger partial charge in [0.25, 0.3) is 0 Å². The van der Waals surface area contributed by atoms with Crippen LogP contribution in [0.2, 0.25) is 0 Å². The monoisotopic (exact) mass is 299 g/mol. The fourth-order valence-electron chi connectivity index (χ4n) is 1.91. The number of rotatable bonds is 6. The van der Waals surface area contributed by atoms with Gasteiger partial charge in [-0.05, 0) is 6.42 Å². The van der Waals surface area contributed by atoms with Crippen molar-refractivity contribution in [2.45, 2.75) is 24.9 Å². The van der Waals surface area contributed by atoms with Crippen LogP contribution < -0.4 is 10.5 Å². The average molecular weight is 299 g/mol. The van der Waals surface area contributed by atoms with Crippen LogP contribution in [-0.2, 0) is 0 Å². The van der Waals surface area contributed by atoms with E-state index in [1.54, 1.807) is 0 Å². The second-order valence-corrected chi connectivity index (χ2v) is 4.40. The van der Waals surface area contributed by atoms with E-state index >= 15 is 0 Å². The molecule has 3 atom stereocenters. The molecule has 0 aromatic carbocycles. The number of aliphatic hydroxyl groups is 4. The summed E-state index contributed by atoms with van der Waals surface area (Å²) in [6.07, 6.45) is -3.21. The number of methoxy groups -OCH3 is 1. The van der Waals surface area contributed by atoms with E-state index in [1.807, 2.05) is 0 Å². The van der Waals surface area contributed by atoms with Gasteiger partial charge in [-0.2, -0.15) is 9.97 Å². The summed E-state index contributed by atoms with van der Waals surface area (Å²) in [5.74, 6) is 0.0487. The Balaban J connectivity index is 2.40. The third-order valence-corrected chi connectivity index (χ3v) is 3.01. The second-order valence-electron chi connectivity index (χ2n) is 4.40. The average Bonchev–Trinajstić information content (AvgIpc) is 2.88. The highest BCUT2D eigenvalue weighted by atomic mass is 16.5. The van der Waals surface area contributed by atoms with Crippen LogP contribution >= 0.6 is 0 Å². The normalized spacial score (nSPS) is 15.9. The van der Waals surface area contributed by atoms with E-state index in [0.717, 1.165) is 4.57 Å². The molecule has 0 bridgehead atoms. The Kier molecular flexibility index (Phi) is 4.53. The molecule has 21 heavy (non-hydrogen) atoms. The summed E-state index contributed by atoms with van der Waals surface area (Å²) < 4.78 is 6.15. The van der Waals surface area contributed by atoms with Crippen LogP contribution in [0.15, 0.2) is 6.33 Å². The lowest BCUT2D eigenvalue weighted by atomic mass is 10.1. The highest BCUT2D eigenvalue weighted by Gasteiger charge is 2.28. The van der Waals surface area contributed by atoms with Crippen molar-refractivity contribution < 1.29 is 25.2 Å². The molecular weight excluding hydrogens is 282 g/mol. The number of hydrogen-bond acceptors (Lipinski definition) is 9. The maximum absolute atomic E-state index is 10.1. The molecule has 0 saturated heterocycles. The lowest BCUT2D eigenvalue weighted by Gasteiger charge is -2.23. The van der Waals surface area contributed by atoms with Crippen LogP contribution in [0, 0.1) is 0 Å². The number of aromatic nitrogens is 4. The quantitative estimate of drug-likeness (QED) is 0.407. The van der Waals surface area contributed by atoms with Crippen LogP contribution in [0.25, 0.3) is 11.2 Å². The Bertz CT molecular complexity index is 618. The van der Waals surface area contributed by atoms with Gasteiger partial charge >= 0.3 is 0 Å². The Morgan fingerprint density at radius 3 is 2.67 bits per heavy atom. The van der Waals surface area contributed by atoms with E-state index in [0.29, 0.717) is 0 Å². The van der Waals surface area contributed by atoms with Crippen molar-refractivity contribution in [3.8, 4) is 5.88 Å². The number of aliphatic hydroxyl groups excluding tert-OH is 4. The zero-order chi connectivity index (χ0) is 15.6. The second kappa shape index (κ2) is 6.18. The Labute approximate surface area is 119 Å². The molecule has 2 rings (SSSR count). The molecule has 116 valence electrons. The maximum atomic E-state index is 10.1. The number of anilines is 1. The largest absolute Gasteiger partial charge is 0.479 e. The van der Waals surface area contributed by atoms with Crippen LogP contribution in [0.5, 0.6) is 5.88 Å². The number of nitrogens with zero attached hydrogens (tertiary/aromatic N) is 4. The molecule has 2 aromatic heterocycles. The minimum Gasteiger partial charge on any atom is -0.479 e. The molecule has 0 unspecified atom stereocenters. The van der Waals surface area contributed by atoms with E-state index < -0.39 is 18.4 Å². The predicted octanol–water partition coefficient (Wildman–Crippen LogP) is -1.99. The van der Waals surface area contributed by atoms with Crippen molar-refractivity contribution in [3.05, 3.63) is 6.33 Å². The summed E-state index contributed by atoms with van der Waals surface area (Å²) in [4.78, 5) is 11.8. The van der Waals surface area contributed by atoms with Gasteiger partial charge in [-0.25, -0.2) is 4.98 Å². The number of nitrogens with two attached hydrogens (primary N) is 1. The smallest absolute Gasteiger partial charge is 0.246 e. The van der Waals surface area contributed by atoms with E-state index in [9.17, 15) is 15.3 Å². The van der Waals surface area contributed by atoms with Gasteiger partial charge in [0.2, 0.25) is 11.8 Å². The highest BCUT2D eigenvalue weighted by molar-refractivity contribution is 5.77. The first kappa shape index (κ1) is 15.4. The molecule has 0 aliphatic carbocycles. The molecule has 2 heterocycles. The summed E-state index contributed by atoms with van der Waals surface area (Å²) in [5.41, 5.74) is 5.96. The van der Waals surface area contributed by atoms with Crippen molar-refractivity contribution in [1.29, 1.82) is 0 Å². The van der Waals surface area contributed by atoms with E-state index in [2.05, 4.69) is 15.0 Å². The van der Waals surface area contributed by atoms with Crippen LogP contribution in [0.4, 0.5) is 5.95 Å². The van der Waals surface area contributed by atoms with Crippen molar-refractivity contribution in [2.24, 2.45) is 0 Å². The molecule has 0 aliphatic rings. The molecule has 10 nitrogen and oxygen atoms in total. The lowest BCUT2D eigenvalue weighted by molar-refractivity contribution is -0.0943. The van der Waals surface area contributed by atoms with Gasteiger partial charge in [-0.15, -0.1) is 0 Å². The Morgan fingerprint density at radius 2 is 2.05 bits per heavy atom. The molecule has 0 amide bonds. The first-order valence-corrected chi connectivity index (χ1v) is 6.18. The molecule has 0 spiro atoms. The predicted molar refractivity (Wildman–Crippen MR) is 71.3 cm³/mol. The topological polar surface area (TPSA) is 160 Å². The fraction of sp³-hybridized carbons (Fsp3) is 0.545. The number of hydrogen-bond donors (Lipinski definition) is 5. The zero-order valence-corrected chi connectivity index (χ0v) is 11.3. The molecule has 0 fully saturated rings. The zero-order valence-electron chi connectivity index (χ0n) is 11.3. The molecule has 0 saturated carbocycles. The van der Waals surface area contributed by atoms with Gasteiger partial charge in [-0.3, -0.25) is 4.57 Å². The first-order chi connectivity index (χ1) is 9.99. The number of fused-ring (bicyclic) bond motifs is 1. The summed E-state index contributed by atoms with van der Waals surface area (Å²) in [5, 5.41) is 38.4. The van der Waals surface area contributed by atoms with Gasteiger partial charge in [0.1, 0.15) is 6.10 Å². The Morgan fingerprint density at radius 1 is 1.33 bits per heavy atom. The van der Waals surface area contributed by atoms with Crippen molar-refractivity contribution in [1.82, 2.24) is 19.5 Å². The number of ether oxygens (including phenoxy) is 1. The van der Waals surface area contributed by atoms with Crippen molar-refractivity contribution in [2.75, 3.05) is 19.5 Å². The van der Waals surface area contributed by atoms with Gasteiger partial charge in [-0.1, -0.05) is 0 Å². The highest BCUT2D eigenvalue weighted by Crippen LogP contribution is 2.25. The third kappa shape index (κ3) is 2.88. The summed E-state index contributed by atoms with van der Waals surface area (Å²) >= 11 is 0. The maximum Gasteiger partial charge on any atom is 0.246 e. The SMILES string of the molecule is COc1nc(N)nc2c1ncn2[C@H](O)[C@@H](O)[C@H](O)CCO. The minimum atomic E-state index is -1.53. The molecule has 10 heteroatoms. The minimum absolute atomic E-state index is 0.0781. The molecule has 0 aliphatic heterocycles. The van der Waals surface area contributed by atoms with Gasteiger partial charge < -0.3 is 30.9 Å². The van der Waals surface area contributed by atoms with E-state index in [-0.39, 0.29) is 36.0 Å². The standard InChI is InChI=1S/C11H17N5O5/c1-21-9-6-8(14-11(12)15-9)16(4-13-6)10(20)7(19)5(18)2-3-17/h4-5,7,10,17-20H,2-3H2,1H3,(H2,12,14,15)/t5-,7+,10-/m1/s1. The van der Waals surface area contributed by atoms with Crippen LogP contribution in [0.1, 0.15) is 12.6 Å². The molecule has 2 aromatic rings. The first-order valence-electron chi connectivity index (χ1n) is 6.18. The molecule has 6 N–H and O–H groups in total. The van der Waals surface area contributed by atoms with E-state index in [1.165, 1.54) is 13.4 Å². The summed E-state index contributed by atoms with van der Waals surface area (Å²) in [7, 11) is 1.39. The van der Waals surface area contributed by atoms with Gasteiger partial charge in [0.15, 0.2) is 17.4 Å². The molecular formula is C11H17N5O5. The fourth-order valence-corrected chi connectivity index (χ4v) is 1.91. The third-order valence-electron chi connectivity index (χ3n) is 3.01. The van der Waals surface area contributed by atoms with Crippen LogP contribution in [-0.4, -0.2) is 65.9 Å². The lowest BCUT2D eigenvalue weighted by Crippen LogP contribution is -2.35. The van der Waals surface area contributed by atoms with Crippen molar-refractivity contribution in [3.63, 3.8) is 0 Å². The van der Waals surface area contributed by atoms with Crippen molar-refractivity contribution >= 4 is 17.1 Å². The summed E-state index contributed by atoms with van der Waals surface area (Å²) in [6, 6.07) is 0. The van der Waals surface area contributed by atoms with Gasteiger partial charge in [0.05, 0.1) is 19.5 Å².